The van der Waals surface area contributed by atoms with Gasteiger partial charge in [0.25, 0.3) is 0 Å². The maximum atomic E-state index is 11.7. The molecule has 1 saturated heterocycles. The van der Waals surface area contributed by atoms with Gasteiger partial charge in [0.05, 0.1) is 12.5 Å². The first-order chi connectivity index (χ1) is 8.86. The van der Waals surface area contributed by atoms with Gasteiger partial charge in [-0.15, -0.1) is 0 Å². The topological polar surface area (TPSA) is 47.6 Å². The first-order valence-corrected chi connectivity index (χ1v) is 6.35. The summed E-state index contributed by atoms with van der Waals surface area (Å²) in [6.45, 7) is 2.30. The van der Waals surface area contributed by atoms with Crippen LogP contribution in [-0.4, -0.2) is 25.9 Å². The number of piperidine rings is 1. The predicted octanol–water partition coefficient (Wildman–Crippen LogP) is 1.70. The predicted molar refractivity (Wildman–Crippen MR) is 67.8 cm³/mol. The van der Waals surface area contributed by atoms with Gasteiger partial charge in [-0.1, -0.05) is 30.3 Å². The van der Waals surface area contributed by atoms with Crippen molar-refractivity contribution in [3.8, 4) is 0 Å². The number of carbonyl (C=O) groups excluding carboxylic acids is 1. The quantitative estimate of drug-likeness (QED) is 0.490. The van der Waals surface area contributed by atoms with E-state index in [1.807, 2.05) is 30.3 Å². The van der Waals surface area contributed by atoms with Gasteiger partial charge in [0.15, 0.2) is 6.79 Å². The van der Waals surface area contributed by atoms with Crippen molar-refractivity contribution in [2.75, 3.05) is 19.9 Å². The molecule has 0 aliphatic carbocycles. The Labute approximate surface area is 107 Å². The van der Waals surface area contributed by atoms with Crippen molar-refractivity contribution in [3.63, 3.8) is 0 Å². The highest BCUT2D eigenvalue weighted by atomic mass is 16.7. The lowest BCUT2D eigenvalue weighted by Gasteiger charge is -2.20. The Morgan fingerprint density at radius 1 is 1.22 bits per heavy atom. The number of nitrogens with one attached hydrogen (secondary N) is 1. The largest absolute Gasteiger partial charge is 0.438 e. The number of rotatable bonds is 5. The van der Waals surface area contributed by atoms with Crippen LogP contribution in [0.25, 0.3) is 0 Å². The summed E-state index contributed by atoms with van der Waals surface area (Å²) in [5, 5.41) is 3.22. The fourth-order valence-electron chi connectivity index (χ4n) is 2.01. The summed E-state index contributed by atoms with van der Waals surface area (Å²) in [6, 6.07) is 9.84. The van der Waals surface area contributed by atoms with Crippen LogP contribution in [0.1, 0.15) is 18.4 Å². The highest BCUT2D eigenvalue weighted by molar-refractivity contribution is 5.72. The van der Waals surface area contributed by atoms with Crippen molar-refractivity contribution in [1.82, 2.24) is 5.32 Å². The smallest absolute Gasteiger partial charge is 0.311 e. The average Bonchev–Trinajstić information content (AvgIpc) is 2.45. The molecule has 0 aromatic heterocycles. The lowest BCUT2D eigenvalue weighted by Crippen LogP contribution is -2.33. The minimum Gasteiger partial charge on any atom is -0.438 e. The second kappa shape index (κ2) is 7.13. The second-order valence-electron chi connectivity index (χ2n) is 4.44. The van der Waals surface area contributed by atoms with E-state index in [9.17, 15) is 4.79 Å². The van der Waals surface area contributed by atoms with E-state index in [4.69, 9.17) is 9.47 Å². The van der Waals surface area contributed by atoms with E-state index in [-0.39, 0.29) is 18.7 Å². The molecular weight excluding hydrogens is 230 g/mol. The Morgan fingerprint density at radius 2 is 1.94 bits per heavy atom. The highest BCUT2D eigenvalue weighted by Gasteiger charge is 2.21. The Balaban J connectivity index is 1.61. The van der Waals surface area contributed by atoms with E-state index in [0.717, 1.165) is 31.5 Å². The zero-order valence-corrected chi connectivity index (χ0v) is 10.4. The Morgan fingerprint density at radius 3 is 2.67 bits per heavy atom. The summed E-state index contributed by atoms with van der Waals surface area (Å²) >= 11 is 0. The van der Waals surface area contributed by atoms with Gasteiger partial charge >= 0.3 is 5.97 Å². The van der Waals surface area contributed by atoms with Crippen LogP contribution in [0.4, 0.5) is 0 Å². The molecule has 0 spiro atoms. The molecule has 4 nitrogen and oxygen atoms in total. The summed E-state index contributed by atoms with van der Waals surface area (Å²) in [5.74, 6) is -0.101. The van der Waals surface area contributed by atoms with Crippen LogP contribution in [0, 0.1) is 5.92 Å². The molecular formula is C14H19NO3. The van der Waals surface area contributed by atoms with Gasteiger partial charge in [0.2, 0.25) is 0 Å². The molecule has 1 heterocycles. The fraction of sp³-hybridized carbons (Fsp3) is 0.500. The normalized spacial score (nSPS) is 16.4. The zero-order chi connectivity index (χ0) is 12.6. The van der Waals surface area contributed by atoms with Gasteiger partial charge in [0, 0.05) is 0 Å². The second-order valence-corrected chi connectivity index (χ2v) is 4.44. The van der Waals surface area contributed by atoms with Crippen molar-refractivity contribution in [1.29, 1.82) is 0 Å². The van der Waals surface area contributed by atoms with E-state index in [1.54, 1.807) is 0 Å². The van der Waals surface area contributed by atoms with Crippen LogP contribution in [0.2, 0.25) is 0 Å². The molecule has 1 fully saturated rings. The molecule has 18 heavy (non-hydrogen) atoms. The number of ether oxygens (including phenoxy) is 2. The minimum absolute atomic E-state index is 0.0339. The number of benzene rings is 1. The molecule has 1 aliphatic heterocycles. The van der Waals surface area contributed by atoms with Crippen molar-refractivity contribution in [2.24, 2.45) is 5.92 Å². The van der Waals surface area contributed by atoms with E-state index in [1.165, 1.54) is 0 Å². The molecule has 2 rings (SSSR count). The Hall–Kier alpha value is -1.39. The molecule has 1 aliphatic rings. The van der Waals surface area contributed by atoms with Crippen molar-refractivity contribution in [2.45, 2.75) is 19.4 Å². The molecule has 0 bridgehead atoms. The molecule has 0 atom stereocenters. The highest BCUT2D eigenvalue weighted by Crippen LogP contribution is 2.13. The lowest BCUT2D eigenvalue weighted by molar-refractivity contribution is -0.163. The summed E-state index contributed by atoms with van der Waals surface area (Å²) in [4.78, 5) is 11.7. The lowest BCUT2D eigenvalue weighted by atomic mass is 9.99. The first kappa shape index (κ1) is 13.1. The summed E-state index contributed by atoms with van der Waals surface area (Å²) in [6.07, 6.45) is 1.72. The van der Waals surface area contributed by atoms with Crippen LogP contribution >= 0.6 is 0 Å². The van der Waals surface area contributed by atoms with Gasteiger partial charge in [0.1, 0.15) is 0 Å². The van der Waals surface area contributed by atoms with Crippen molar-refractivity contribution < 1.29 is 14.3 Å². The molecule has 0 amide bonds. The van der Waals surface area contributed by atoms with E-state index in [0.29, 0.717) is 6.61 Å². The molecule has 0 radical (unpaired) electrons. The maximum absolute atomic E-state index is 11.7. The van der Waals surface area contributed by atoms with E-state index < -0.39 is 0 Å². The van der Waals surface area contributed by atoms with Crippen LogP contribution in [0.3, 0.4) is 0 Å². The van der Waals surface area contributed by atoms with E-state index in [2.05, 4.69) is 5.32 Å². The Kier molecular flexibility index (Phi) is 5.17. The van der Waals surface area contributed by atoms with Gasteiger partial charge in [-0.3, -0.25) is 4.79 Å². The summed E-state index contributed by atoms with van der Waals surface area (Å²) in [5.41, 5.74) is 1.08. The number of hydrogen-bond donors (Lipinski definition) is 1. The van der Waals surface area contributed by atoms with Crippen molar-refractivity contribution >= 4 is 5.97 Å². The zero-order valence-electron chi connectivity index (χ0n) is 10.4. The molecule has 0 saturated carbocycles. The number of esters is 1. The average molecular weight is 249 g/mol. The third-order valence-corrected chi connectivity index (χ3v) is 3.07. The third-order valence-electron chi connectivity index (χ3n) is 3.07. The van der Waals surface area contributed by atoms with Crippen LogP contribution < -0.4 is 5.32 Å². The summed E-state index contributed by atoms with van der Waals surface area (Å²) in [7, 11) is 0. The van der Waals surface area contributed by atoms with Gasteiger partial charge < -0.3 is 14.8 Å². The standard InChI is InChI=1S/C14H19NO3/c16-14(13-6-8-15-9-7-13)18-11-17-10-12-4-2-1-3-5-12/h1-5,13,15H,6-11H2. The van der Waals surface area contributed by atoms with Crippen LogP contribution in [0.5, 0.6) is 0 Å². The van der Waals surface area contributed by atoms with Gasteiger partial charge in [-0.2, -0.15) is 0 Å². The third kappa shape index (κ3) is 4.13. The minimum atomic E-state index is -0.135. The Bertz CT molecular complexity index is 361. The number of hydrogen-bond acceptors (Lipinski definition) is 4. The fourth-order valence-corrected chi connectivity index (χ4v) is 2.01. The van der Waals surface area contributed by atoms with Crippen LogP contribution in [0.15, 0.2) is 30.3 Å². The first-order valence-electron chi connectivity index (χ1n) is 6.35. The summed E-state index contributed by atoms with van der Waals surface area (Å²) < 4.78 is 10.4. The van der Waals surface area contributed by atoms with Crippen LogP contribution in [-0.2, 0) is 20.9 Å². The van der Waals surface area contributed by atoms with E-state index >= 15 is 0 Å². The SMILES string of the molecule is O=C(OCOCc1ccccc1)C1CCNCC1. The monoisotopic (exact) mass is 249 g/mol. The molecule has 4 heteroatoms. The molecule has 0 unspecified atom stereocenters. The molecule has 1 aromatic rings. The molecule has 98 valence electrons. The van der Waals surface area contributed by atoms with Crippen molar-refractivity contribution in [3.05, 3.63) is 35.9 Å². The molecule has 1 N–H and O–H groups in total. The molecule has 1 aromatic carbocycles. The maximum Gasteiger partial charge on any atom is 0.311 e. The number of carbonyl (C=O) groups is 1. The van der Waals surface area contributed by atoms with Gasteiger partial charge in [-0.25, -0.2) is 0 Å². The van der Waals surface area contributed by atoms with Gasteiger partial charge in [-0.05, 0) is 31.5 Å².